The number of nitrogens with one attached hydrogen (secondary N) is 2. The molecule has 3 nitrogen and oxygen atoms in total. The van der Waals surface area contributed by atoms with Gasteiger partial charge in [-0.2, -0.15) is 0 Å². The molecule has 0 aliphatic heterocycles. The summed E-state index contributed by atoms with van der Waals surface area (Å²) in [5.41, 5.74) is 7.03. The Hall–Kier alpha value is -2.78. The molecule has 3 aromatic carbocycles. The van der Waals surface area contributed by atoms with Crippen LogP contribution in [0.15, 0.2) is 66.7 Å². The number of aromatic amines is 1. The minimum absolute atomic E-state index is 0.932. The van der Waals surface area contributed by atoms with Gasteiger partial charge in [-0.1, -0.05) is 66.7 Å². The monoisotopic (exact) mass is 273 g/mol. The number of rotatable bonds is 2. The number of hydrazine groups is 1. The Balaban J connectivity index is 2.11. The molecule has 0 aliphatic carbocycles. The van der Waals surface area contributed by atoms with Gasteiger partial charge in [0.15, 0.2) is 0 Å². The topological polar surface area (TPSA) is 53.8 Å². The van der Waals surface area contributed by atoms with Crippen LogP contribution >= 0.6 is 0 Å². The zero-order chi connectivity index (χ0) is 14.2. The summed E-state index contributed by atoms with van der Waals surface area (Å²) in [6.45, 7) is 0. The van der Waals surface area contributed by atoms with Crippen molar-refractivity contribution >= 4 is 27.4 Å². The molecule has 0 atom stereocenters. The van der Waals surface area contributed by atoms with Crippen LogP contribution in [-0.2, 0) is 0 Å². The number of anilines is 1. The van der Waals surface area contributed by atoms with Gasteiger partial charge < -0.3 is 10.4 Å². The average molecular weight is 273 g/mol. The van der Waals surface area contributed by atoms with Crippen molar-refractivity contribution in [3.8, 4) is 11.3 Å². The zero-order valence-electron chi connectivity index (χ0n) is 11.4. The molecule has 1 aromatic heterocycles. The third kappa shape index (κ3) is 1.79. The normalized spacial score (nSPS) is 11.1. The fraction of sp³-hybridized carbons (Fsp3) is 0. The van der Waals surface area contributed by atoms with Crippen LogP contribution in [0.25, 0.3) is 32.9 Å². The first-order valence-electron chi connectivity index (χ1n) is 6.94. The van der Waals surface area contributed by atoms with E-state index in [4.69, 9.17) is 5.84 Å². The van der Waals surface area contributed by atoms with Crippen molar-refractivity contribution in [1.82, 2.24) is 4.98 Å². The SMILES string of the molecule is NNc1c(-c2ccccc2)[nH]c2c1ccc1ccccc12. The lowest BCUT2D eigenvalue weighted by molar-refractivity contribution is 1.35. The maximum absolute atomic E-state index is 5.77. The fourth-order valence-electron chi connectivity index (χ4n) is 2.91. The van der Waals surface area contributed by atoms with Crippen LogP contribution in [0, 0.1) is 0 Å². The number of fused-ring (bicyclic) bond motifs is 3. The van der Waals surface area contributed by atoms with Crippen molar-refractivity contribution in [2.24, 2.45) is 5.84 Å². The molecule has 4 N–H and O–H groups in total. The van der Waals surface area contributed by atoms with Crippen LogP contribution in [0.1, 0.15) is 0 Å². The number of aromatic nitrogens is 1. The minimum atomic E-state index is 0.932. The van der Waals surface area contributed by atoms with Gasteiger partial charge in [0, 0.05) is 16.3 Å². The standard InChI is InChI=1S/C18H15N3/c19-21-18-15-11-10-12-6-4-5-9-14(12)17(15)20-16(18)13-7-2-1-3-8-13/h1-11,20-21H,19H2. The highest BCUT2D eigenvalue weighted by molar-refractivity contribution is 6.13. The van der Waals surface area contributed by atoms with E-state index in [2.05, 4.69) is 58.9 Å². The van der Waals surface area contributed by atoms with Gasteiger partial charge in [-0.3, -0.25) is 5.84 Å². The molecule has 0 spiro atoms. The average Bonchev–Trinajstić information content (AvgIpc) is 2.94. The minimum Gasteiger partial charge on any atom is -0.352 e. The van der Waals surface area contributed by atoms with Gasteiger partial charge in [0.05, 0.1) is 16.9 Å². The molecule has 0 fully saturated rings. The van der Waals surface area contributed by atoms with Crippen LogP contribution in [0.3, 0.4) is 0 Å². The van der Waals surface area contributed by atoms with Crippen molar-refractivity contribution in [2.75, 3.05) is 5.43 Å². The number of H-pyrrole nitrogens is 1. The first-order chi connectivity index (χ1) is 10.4. The predicted octanol–water partition coefficient (Wildman–Crippen LogP) is 4.27. The van der Waals surface area contributed by atoms with Gasteiger partial charge >= 0.3 is 0 Å². The smallest absolute Gasteiger partial charge is 0.0822 e. The quantitative estimate of drug-likeness (QED) is 0.377. The molecule has 0 amide bonds. The van der Waals surface area contributed by atoms with E-state index in [0.29, 0.717) is 0 Å². The molecular formula is C18H15N3. The second kappa shape index (κ2) is 4.65. The molecule has 1 heterocycles. The summed E-state index contributed by atoms with van der Waals surface area (Å²) in [4.78, 5) is 3.53. The lowest BCUT2D eigenvalue weighted by Crippen LogP contribution is -2.07. The van der Waals surface area contributed by atoms with Crippen LogP contribution in [0.5, 0.6) is 0 Å². The van der Waals surface area contributed by atoms with Gasteiger partial charge in [0.25, 0.3) is 0 Å². The maximum atomic E-state index is 5.77. The summed E-state index contributed by atoms with van der Waals surface area (Å²) in [7, 11) is 0. The van der Waals surface area contributed by atoms with Crippen molar-refractivity contribution in [1.29, 1.82) is 0 Å². The van der Waals surface area contributed by atoms with Crippen molar-refractivity contribution in [3.05, 3.63) is 66.7 Å². The van der Waals surface area contributed by atoms with Crippen LogP contribution in [0.2, 0.25) is 0 Å². The molecule has 0 saturated carbocycles. The van der Waals surface area contributed by atoms with Crippen LogP contribution in [0.4, 0.5) is 5.69 Å². The van der Waals surface area contributed by atoms with Crippen LogP contribution in [-0.4, -0.2) is 4.98 Å². The Morgan fingerprint density at radius 1 is 0.762 bits per heavy atom. The highest BCUT2D eigenvalue weighted by atomic mass is 15.2. The van der Waals surface area contributed by atoms with Gasteiger partial charge in [0.1, 0.15) is 0 Å². The van der Waals surface area contributed by atoms with Gasteiger partial charge in [-0.05, 0) is 5.39 Å². The Bertz CT molecular complexity index is 923. The molecule has 0 aliphatic rings. The molecule has 4 aromatic rings. The Morgan fingerprint density at radius 3 is 2.33 bits per heavy atom. The van der Waals surface area contributed by atoms with Gasteiger partial charge in [-0.15, -0.1) is 0 Å². The highest BCUT2D eigenvalue weighted by Gasteiger charge is 2.13. The fourth-order valence-corrected chi connectivity index (χ4v) is 2.91. The third-order valence-corrected chi connectivity index (χ3v) is 3.91. The molecule has 0 bridgehead atoms. The summed E-state index contributed by atoms with van der Waals surface area (Å²) >= 11 is 0. The van der Waals surface area contributed by atoms with E-state index < -0.39 is 0 Å². The summed E-state index contributed by atoms with van der Waals surface area (Å²) < 4.78 is 0. The molecule has 4 rings (SSSR count). The number of nitrogens with two attached hydrogens (primary N) is 1. The van der Waals surface area contributed by atoms with E-state index in [9.17, 15) is 0 Å². The second-order valence-electron chi connectivity index (χ2n) is 5.09. The van der Waals surface area contributed by atoms with E-state index in [1.165, 1.54) is 10.8 Å². The molecular weight excluding hydrogens is 258 g/mol. The summed E-state index contributed by atoms with van der Waals surface area (Å²) in [6, 6.07) is 22.8. The molecule has 21 heavy (non-hydrogen) atoms. The first kappa shape index (κ1) is 12.0. The van der Waals surface area contributed by atoms with E-state index in [0.717, 1.165) is 27.8 Å². The maximum Gasteiger partial charge on any atom is 0.0822 e. The second-order valence-corrected chi connectivity index (χ2v) is 5.09. The summed E-state index contributed by atoms with van der Waals surface area (Å²) in [5.74, 6) is 5.77. The third-order valence-electron chi connectivity index (χ3n) is 3.91. The Kier molecular flexibility index (Phi) is 2.66. The molecule has 0 unspecified atom stereocenters. The first-order valence-corrected chi connectivity index (χ1v) is 6.94. The molecule has 3 heteroatoms. The lowest BCUT2D eigenvalue weighted by atomic mass is 10.1. The van der Waals surface area contributed by atoms with E-state index in [1.54, 1.807) is 0 Å². The zero-order valence-corrected chi connectivity index (χ0v) is 11.4. The van der Waals surface area contributed by atoms with Gasteiger partial charge in [0.2, 0.25) is 0 Å². The molecule has 0 radical (unpaired) electrons. The van der Waals surface area contributed by atoms with Gasteiger partial charge in [-0.25, -0.2) is 0 Å². The largest absolute Gasteiger partial charge is 0.352 e. The number of nitrogen functional groups attached to an aromatic ring is 1. The van der Waals surface area contributed by atoms with E-state index in [-0.39, 0.29) is 0 Å². The van der Waals surface area contributed by atoms with Crippen molar-refractivity contribution in [2.45, 2.75) is 0 Å². The summed E-state index contributed by atoms with van der Waals surface area (Å²) in [5, 5.41) is 3.53. The van der Waals surface area contributed by atoms with Crippen molar-refractivity contribution in [3.63, 3.8) is 0 Å². The van der Waals surface area contributed by atoms with E-state index in [1.807, 2.05) is 18.2 Å². The molecule has 0 saturated heterocycles. The van der Waals surface area contributed by atoms with E-state index >= 15 is 0 Å². The van der Waals surface area contributed by atoms with Crippen molar-refractivity contribution < 1.29 is 0 Å². The highest BCUT2D eigenvalue weighted by Crippen LogP contribution is 2.37. The number of hydrogen-bond acceptors (Lipinski definition) is 2. The summed E-state index contributed by atoms with van der Waals surface area (Å²) in [6.07, 6.45) is 0. The number of hydrogen-bond donors (Lipinski definition) is 3. The Morgan fingerprint density at radius 2 is 1.52 bits per heavy atom. The van der Waals surface area contributed by atoms with Crippen LogP contribution < -0.4 is 11.3 Å². The predicted molar refractivity (Wildman–Crippen MR) is 89.1 cm³/mol. The molecule has 102 valence electrons. The number of benzene rings is 3. The lowest BCUT2D eigenvalue weighted by Gasteiger charge is -2.03. The Labute approximate surface area is 122 Å².